The lowest BCUT2D eigenvalue weighted by atomic mass is 10.3. The van der Waals surface area contributed by atoms with Crippen molar-refractivity contribution in [3.8, 4) is 5.75 Å². The van der Waals surface area contributed by atoms with Crippen LogP contribution in [0, 0.1) is 15.9 Å². The maximum Gasteiger partial charge on any atom is 0.312 e. The predicted molar refractivity (Wildman–Crippen MR) is 59.7 cm³/mol. The Morgan fingerprint density at radius 3 is 2.88 bits per heavy atom. The molecule has 0 aliphatic rings. The highest BCUT2D eigenvalue weighted by molar-refractivity contribution is 9.10. The van der Waals surface area contributed by atoms with E-state index in [0.717, 1.165) is 12.1 Å². The van der Waals surface area contributed by atoms with Crippen LogP contribution in [0.3, 0.4) is 0 Å². The number of nitrogens with zero attached hydrogens (tertiary/aromatic N) is 2. The van der Waals surface area contributed by atoms with Crippen LogP contribution in [0.1, 0.15) is 0 Å². The predicted octanol–water partition coefficient (Wildman–Crippen LogP) is 1.62. The van der Waals surface area contributed by atoms with Crippen LogP contribution < -0.4 is 10.5 Å². The molecule has 0 fully saturated rings. The van der Waals surface area contributed by atoms with Crippen LogP contribution >= 0.6 is 15.9 Å². The molecule has 0 aliphatic heterocycles. The molecule has 0 heterocycles. The summed E-state index contributed by atoms with van der Waals surface area (Å²) in [7, 11) is 0. The molecule has 0 radical (unpaired) electrons. The van der Waals surface area contributed by atoms with Crippen LogP contribution in [0.5, 0.6) is 5.75 Å². The van der Waals surface area contributed by atoms with E-state index in [9.17, 15) is 14.5 Å². The van der Waals surface area contributed by atoms with E-state index in [-0.39, 0.29) is 16.1 Å². The third kappa shape index (κ3) is 3.28. The third-order valence-corrected chi connectivity index (χ3v) is 2.31. The van der Waals surface area contributed by atoms with Crippen molar-refractivity contribution in [2.24, 2.45) is 10.9 Å². The summed E-state index contributed by atoms with van der Waals surface area (Å²) in [5.41, 5.74) is 4.69. The number of oxime groups is 1. The van der Waals surface area contributed by atoms with Gasteiger partial charge in [-0.1, -0.05) is 5.16 Å². The fourth-order valence-corrected chi connectivity index (χ4v) is 1.29. The van der Waals surface area contributed by atoms with Gasteiger partial charge in [0.25, 0.3) is 0 Å². The van der Waals surface area contributed by atoms with Crippen LogP contribution in [-0.2, 0) is 0 Å². The van der Waals surface area contributed by atoms with E-state index in [1.807, 2.05) is 0 Å². The number of rotatable bonds is 4. The Kier molecular flexibility index (Phi) is 4.21. The Balaban J connectivity index is 3.04. The standard InChI is InChI=1S/C8H7BrFN3O4/c9-4-1-6(13(15)16)7(2-5(4)10)17-3-8(11)12-14/h1-2,14H,3H2,(H2,11,12). The summed E-state index contributed by atoms with van der Waals surface area (Å²) in [4.78, 5) is 9.94. The third-order valence-electron chi connectivity index (χ3n) is 1.70. The van der Waals surface area contributed by atoms with Gasteiger partial charge in [-0.05, 0) is 15.9 Å². The van der Waals surface area contributed by atoms with Crippen molar-refractivity contribution >= 4 is 27.5 Å². The van der Waals surface area contributed by atoms with Crippen LogP contribution in [0.4, 0.5) is 10.1 Å². The molecule has 92 valence electrons. The zero-order valence-electron chi connectivity index (χ0n) is 8.26. The monoisotopic (exact) mass is 307 g/mol. The van der Waals surface area contributed by atoms with Gasteiger partial charge in [-0.25, -0.2) is 4.39 Å². The highest BCUT2D eigenvalue weighted by Gasteiger charge is 2.19. The molecule has 0 saturated carbocycles. The average molecular weight is 308 g/mol. The van der Waals surface area contributed by atoms with Gasteiger partial charge < -0.3 is 15.7 Å². The highest BCUT2D eigenvalue weighted by Crippen LogP contribution is 2.32. The number of ether oxygens (including phenoxy) is 1. The first-order chi connectivity index (χ1) is 7.95. The summed E-state index contributed by atoms with van der Waals surface area (Å²) < 4.78 is 18.0. The summed E-state index contributed by atoms with van der Waals surface area (Å²) in [6.45, 7) is -0.390. The van der Waals surface area contributed by atoms with Crippen LogP contribution in [0.15, 0.2) is 21.8 Å². The largest absolute Gasteiger partial charge is 0.478 e. The van der Waals surface area contributed by atoms with Crippen LogP contribution in [-0.4, -0.2) is 22.6 Å². The Labute approximate surface area is 103 Å². The summed E-state index contributed by atoms with van der Waals surface area (Å²) in [5, 5.41) is 21.5. The van der Waals surface area contributed by atoms with Gasteiger partial charge in [0.2, 0.25) is 5.75 Å². The number of nitro groups is 1. The van der Waals surface area contributed by atoms with Gasteiger partial charge in [0.15, 0.2) is 5.84 Å². The van der Waals surface area contributed by atoms with E-state index in [0.29, 0.717) is 0 Å². The van der Waals surface area contributed by atoms with Gasteiger partial charge in [0, 0.05) is 12.1 Å². The van der Waals surface area contributed by atoms with Gasteiger partial charge in [0.05, 0.1) is 9.40 Å². The molecule has 1 rings (SSSR count). The Hall–Kier alpha value is -1.90. The second kappa shape index (κ2) is 5.43. The number of hydrogen-bond donors (Lipinski definition) is 2. The number of amidine groups is 1. The molecule has 0 bridgehead atoms. The van der Waals surface area contributed by atoms with Crippen LogP contribution in [0.2, 0.25) is 0 Å². The van der Waals surface area contributed by atoms with E-state index in [4.69, 9.17) is 15.7 Å². The molecule has 0 atom stereocenters. The fraction of sp³-hybridized carbons (Fsp3) is 0.125. The van der Waals surface area contributed by atoms with Crippen molar-refractivity contribution < 1.29 is 19.3 Å². The Morgan fingerprint density at radius 2 is 2.35 bits per heavy atom. The Bertz CT molecular complexity index is 480. The normalized spacial score (nSPS) is 11.3. The summed E-state index contributed by atoms with van der Waals surface area (Å²) >= 11 is 2.82. The minimum atomic E-state index is -0.730. The maximum atomic E-state index is 13.2. The summed E-state index contributed by atoms with van der Waals surface area (Å²) in [5.74, 6) is -1.31. The molecule has 17 heavy (non-hydrogen) atoms. The average Bonchev–Trinajstić information content (AvgIpc) is 2.29. The number of hydrogen-bond acceptors (Lipinski definition) is 5. The van der Waals surface area contributed by atoms with E-state index < -0.39 is 23.0 Å². The van der Waals surface area contributed by atoms with Crippen molar-refractivity contribution in [2.75, 3.05) is 6.61 Å². The second-order valence-corrected chi connectivity index (χ2v) is 3.73. The zero-order valence-corrected chi connectivity index (χ0v) is 9.85. The molecule has 1 aromatic carbocycles. The summed E-state index contributed by atoms with van der Waals surface area (Å²) in [6, 6.07) is 1.81. The number of nitrogens with two attached hydrogens (primary N) is 1. The van der Waals surface area contributed by atoms with Crippen LogP contribution in [0.25, 0.3) is 0 Å². The molecule has 0 spiro atoms. The van der Waals surface area contributed by atoms with Crippen molar-refractivity contribution in [1.29, 1.82) is 0 Å². The van der Waals surface area contributed by atoms with Gasteiger partial charge >= 0.3 is 5.69 Å². The molecule has 0 aromatic heterocycles. The zero-order chi connectivity index (χ0) is 13.0. The van der Waals surface area contributed by atoms with Gasteiger partial charge in [0.1, 0.15) is 12.4 Å². The molecule has 0 unspecified atom stereocenters. The fourth-order valence-electron chi connectivity index (χ4n) is 0.957. The minimum Gasteiger partial charge on any atom is -0.478 e. The minimum absolute atomic E-state index is 0.0552. The number of halogens is 2. The quantitative estimate of drug-likeness (QED) is 0.289. The van der Waals surface area contributed by atoms with E-state index >= 15 is 0 Å². The smallest absolute Gasteiger partial charge is 0.312 e. The number of benzene rings is 1. The Morgan fingerprint density at radius 1 is 1.71 bits per heavy atom. The highest BCUT2D eigenvalue weighted by atomic mass is 79.9. The second-order valence-electron chi connectivity index (χ2n) is 2.87. The maximum absolute atomic E-state index is 13.2. The molecule has 7 nitrogen and oxygen atoms in total. The molecular formula is C8H7BrFN3O4. The van der Waals surface area contributed by atoms with E-state index in [2.05, 4.69) is 21.1 Å². The molecule has 0 aliphatic carbocycles. The SMILES string of the molecule is N/C(COc1cc(F)c(Br)cc1[N+](=O)[O-])=N/O. The molecule has 3 N–H and O–H groups in total. The topological polar surface area (TPSA) is 111 Å². The van der Waals surface area contributed by atoms with Gasteiger partial charge in [-0.15, -0.1) is 0 Å². The first-order valence-corrected chi connectivity index (χ1v) is 4.97. The lowest BCUT2D eigenvalue weighted by Crippen LogP contribution is -2.21. The molecule has 0 amide bonds. The molecule has 1 aromatic rings. The van der Waals surface area contributed by atoms with E-state index in [1.54, 1.807) is 0 Å². The molecule has 0 saturated heterocycles. The van der Waals surface area contributed by atoms with Crippen molar-refractivity contribution in [2.45, 2.75) is 0 Å². The molecule has 9 heteroatoms. The molecular weight excluding hydrogens is 301 g/mol. The van der Waals surface area contributed by atoms with Crippen molar-refractivity contribution in [3.05, 3.63) is 32.5 Å². The van der Waals surface area contributed by atoms with Crippen molar-refractivity contribution in [3.63, 3.8) is 0 Å². The lowest BCUT2D eigenvalue weighted by Gasteiger charge is -2.06. The first kappa shape index (κ1) is 13.2. The first-order valence-electron chi connectivity index (χ1n) is 4.18. The lowest BCUT2D eigenvalue weighted by molar-refractivity contribution is -0.385. The number of nitro benzene ring substituents is 1. The summed E-state index contributed by atoms with van der Waals surface area (Å²) in [6.07, 6.45) is 0. The van der Waals surface area contributed by atoms with Gasteiger partial charge in [-0.3, -0.25) is 10.1 Å². The van der Waals surface area contributed by atoms with Crippen molar-refractivity contribution in [1.82, 2.24) is 0 Å². The van der Waals surface area contributed by atoms with E-state index in [1.165, 1.54) is 0 Å². The van der Waals surface area contributed by atoms with Gasteiger partial charge in [-0.2, -0.15) is 0 Å².